The number of hydrogen-bond donors (Lipinski definition) is 1. The smallest absolute Gasteiger partial charge is 0.408 e. The molecule has 104 valence electrons. The molecule has 1 aliphatic rings. The Morgan fingerprint density at radius 2 is 1.79 bits per heavy atom. The first-order valence-corrected chi connectivity index (χ1v) is 6.89. The summed E-state index contributed by atoms with van der Waals surface area (Å²) in [5.41, 5.74) is 1.73. The van der Waals surface area contributed by atoms with Gasteiger partial charge < -0.3 is 10.1 Å². The molecule has 0 saturated heterocycles. The molecule has 1 fully saturated rings. The van der Waals surface area contributed by atoms with Crippen LogP contribution >= 0.6 is 0 Å². The third-order valence-corrected chi connectivity index (χ3v) is 3.55. The average Bonchev–Trinajstić information content (AvgIpc) is 2.22. The van der Waals surface area contributed by atoms with Crippen molar-refractivity contribution in [3.63, 3.8) is 0 Å². The predicted molar refractivity (Wildman–Crippen MR) is 76.1 cm³/mol. The van der Waals surface area contributed by atoms with Gasteiger partial charge in [0.05, 0.1) is 5.54 Å². The van der Waals surface area contributed by atoms with Gasteiger partial charge in [0.1, 0.15) is 5.60 Å². The summed E-state index contributed by atoms with van der Waals surface area (Å²) in [6.07, 6.45) is 2.78. The van der Waals surface area contributed by atoms with Gasteiger partial charge in [0.2, 0.25) is 0 Å². The maximum absolute atomic E-state index is 12.0. The van der Waals surface area contributed by atoms with E-state index in [-0.39, 0.29) is 11.6 Å². The number of rotatable bonds is 2. The molecular weight excluding hydrogens is 238 g/mol. The van der Waals surface area contributed by atoms with E-state index in [1.54, 1.807) is 0 Å². The fraction of sp³-hybridized carbons (Fsp3) is 0.562. The van der Waals surface area contributed by atoms with Crippen molar-refractivity contribution in [1.82, 2.24) is 5.32 Å². The molecule has 0 aromatic heterocycles. The van der Waals surface area contributed by atoms with E-state index in [1.807, 2.05) is 20.8 Å². The highest BCUT2D eigenvalue weighted by molar-refractivity contribution is 5.69. The predicted octanol–water partition coefficient (Wildman–Crippen LogP) is 3.90. The largest absolute Gasteiger partial charge is 0.444 e. The molecule has 0 unspecified atom stereocenters. The SMILES string of the molecule is Cc1ccc(C2(NC(=O)OC(C)(C)C)CCC2)cc1. The number of nitrogens with one attached hydrogen (secondary N) is 1. The van der Waals surface area contributed by atoms with Gasteiger partial charge in [0, 0.05) is 0 Å². The van der Waals surface area contributed by atoms with Crippen molar-refractivity contribution in [3.8, 4) is 0 Å². The van der Waals surface area contributed by atoms with Gasteiger partial charge in [-0.1, -0.05) is 29.8 Å². The molecule has 1 amide bonds. The van der Waals surface area contributed by atoms with Crippen LogP contribution in [-0.4, -0.2) is 11.7 Å². The lowest BCUT2D eigenvalue weighted by Gasteiger charge is -2.43. The third-order valence-electron chi connectivity index (χ3n) is 3.55. The van der Waals surface area contributed by atoms with Gasteiger partial charge in [-0.25, -0.2) is 4.79 Å². The molecule has 1 N–H and O–H groups in total. The van der Waals surface area contributed by atoms with Crippen LogP contribution in [0, 0.1) is 6.92 Å². The second kappa shape index (κ2) is 4.87. The van der Waals surface area contributed by atoms with Crippen LogP contribution in [0.4, 0.5) is 4.79 Å². The van der Waals surface area contributed by atoms with Crippen LogP contribution in [0.15, 0.2) is 24.3 Å². The first-order valence-electron chi connectivity index (χ1n) is 6.89. The van der Waals surface area contributed by atoms with Crippen LogP contribution in [0.25, 0.3) is 0 Å². The van der Waals surface area contributed by atoms with Crippen molar-refractivity contribution in [3.05, 3.63) is 35.4 Å². The molecule has 1 saturated carbocycles. The lowest BCUT2D eigenvalue weighted by Crippen LogP contribution is -2.52. The number of benzene rings is 1. The van der Waals surface area contributed by atoms with Gasteiger partial charge >= 0.3 is 6.09 Å². The van der Waals surface area contributed by atoms with Crippen molar-refractivity contribution in [1.29, 1.82) is 0 Å². The van der Waals surface area contributed by atoms with Crippen molar-refractivity contribution in [2.75, 3.05) is 0 Å². The first kappa shape index (κ1) is 13.9. The third kappa shape index (κ3) is 3.28. The molecule has 1 aromatic rings. The van der Waals surface area contributed by atoms with Gasteiger partial charge in [-0.05, 0) is 52.5 Å². The molecule has 0 heterocycles. The molecule has 1 aliphatic carbocycles. The number of carbonyl (C=O) groups excluding carboxylic acids is 1. The van der Waals surface area contributed by atoms with Crippen molar-refractivity contribution < 1.29 is 9.53 Å². The molecule has 2 rings (SSSR count). The lowest BCUT2D eigenvalue weighted by molar-refractivity contribution is 0.0377. The highest BCUT2D eigenvalue weighted by atomic mass is 16.6. The highest BCUT2D eigenvalue weighted by Gasteiger charge is 2.40. The van der Waals surface area contributed by atoms with Crippen LogP contribution in [-0.2, 0) is 10.3 Å². The fourth-order valence-electron chi connectivity index (χ4n) is 2.39. The minimum atomic E-state index is -0.456. The van der Waals surface area contributed by atoms with E-state index in [0.29, 0.717) is 0 Å². The van der Waals surface area contributed by atoms with E-state index in [2.05, 4.69) is 36.5 Å². The van der Waals surface area contributed by atoms with Gasteiger partial charge in [0.15, 0.2) is 0 Å². The standard InChI is InChI=1S/C16H23NO2/c1-12-6-8-13(9-7-12)16(10-5-11-16)17-14(18)19-15(2,3)4/h6-9H,5,10-11H2,1-4H3,(H,17,18). The fourth-order valence-corrected chi connectivity index (χ4v) is 2.39. The van der Waals surface area contributed by atoms with Crippen molar-refractivity contribution in [2.45, 2.75) is 58.1 Å². The summed E-state index contributed by atoms with van der Waals surface area (Å²) in [7, 11) is 0. The van der Waals surface area contributed by atoms with E-state index in [1.165, 1.54) is 11.1 Å². The second-order valence-corrected chi connectivity index (χ2v) is 6.43. The Labute approximate surface area is 115 Å². The molecule has 19 heavy (non-hydrogen) atoms. The van der Waals surface area contributed by atoms with Gasteiger partial charge in [-0.2, -0.15) is 0 Å². The molecule has 0 aliphatic heterocycles. The van der Waals surface area contributed by atoms with Crippen molar-refractivity contribution >= 4 is 6.09 Å². The quantitative estimate of drug-likeness (QED) is 0.876. The van der Waals surface area contributed by atoms with E-state index in [0.717, 1.165) is 19.3 Å². The van der Waals surface area contributed by atoms with E-state index >= 15 is 0 Å². The Morgan fingerprint density at radius 1 is 1.21 bits per heavy atom. The molecule has 0 radical (unpaired) electrons. The van der Waals surface area contributed by atoms with Crippen molar-refractivity contribution in [2.24, 2.45) is 0 Å². The summed E-state index contributed by atoms with van der Waals surface area (Å²) in [4.78, 5) is 12.0. The lowest BCUT2D eigenvalue weighted by atomic mass is 9.72. The van der Waals surface area contributed by atoms with Gasteiger partial charge in [0.25, 0.3) is 0 Å². The monoisotopic (exact) mass is 261 g/mol. The molecule has 3 heteroatoms. The zero-order chi connectivity index (χ0) is 14.1. The van der Waals surface area contributed by atoms with Crippen LogP contribution < -0.4 is 5.32 Å². The summed E-state index contributed by atoms with van der Waals surface area (Å²) in [5.74, 6) is 0. The van der Waals surface area contributed by atoms with Crippen LogP contribution in [0.2, 0.25) is 0 Å². The number of alkyl carbamates (subject to hydrolysis) is 1. The minimum Gasteiger partial charge on any atom is -0.444 e. The Bertz CT molecular complexity index is 453. The molecule has 1 aromatic carbocycles. The molecule has 0 bridgehead atoms. The minimum absolute atomic E-state index is 0.226. The number of ether oxygens (including phenoxy) is 1. The number of amides is 1. The van der Waals surface area contributed by atoms with E-state index in [4.69, 9.17) is 4.74 Å². The number of carbonyl (C=O) groups is 1. The molecule has 0 atom stereocenters. The Hall–Kier alpha value is -1.51. The van der Waals surface area contributed by atoms with Gasteiger partial charge in [-0.15, -0.1) is 0 Å². The van der Waals surface area contributed by atoms with Crippen LogP contribution in [0.1, 0.15) is 51.2 Å². The van der Waals surface area contributed by atoms with E-state index in [9.17, 15) is 4.79 Å². The normalized spacial score (nSPS) is 17.5. The Morgan fingerprint density at radius 3 is 2.21 bits per heavy atom. The summed E-state index contributed by atoms with van der Waals surface area (Å²) < 4.78 is 5.36. The average molecular weight is 261 g/mol. The molecule has 3 nitrogen and oxygen atoms in total. The first-order chi connectivity index (χ1) is 8.81. The van der Waals surface area contributed by atoms with Crippen LogP contribution in [0.3, 0.4) is 0 Å². The summed E-state index contributed by atoms with van der Waals surface area (Å²) in [5, 5.41) is 3.06. The Balaban J connectivity index is 2.11. The maximum atomic E-state index is 12.0. The number of aryl methyl sites for hydroxylation is 1. The topological polar surface area (TPSA) is 38.3 Å². The highest BCUT2D eigenvalue weighted by Crippen LogP contribution is 2.41. The second-order valence-electron chi connectivity index (χ2n) is 6.43. The van der Waals surface area contributed by atoms with Crippen LogP contribution in [0.5, 0.6) is 0 Å². The summed E-state index contributed by atoms with van der Waals surface area (Å²) >= 11 is 0. The van der Waals surface area contributed by atoms with E-state index < -0.39 is 5.60 Å². The zero-order valence-corrected chi connectivity index (χ0v) is 12.2. The maximum Gasteiger partial charge on any atom is 0.408 e. The van der Waals surface area contributed by atoms with Gasteiger partial charge in [-0.3, -0.25) is 0 Å². The Kier molecular flexibility index (Phi) is 3.57. The summed E-state index contributed by atoms with van der Waals surface area (Å²) in [6.45, 7) is 7.71. The molecule has 0 spiro atoms. The molecular formula is C16H23NO2. The summed E-state index contributed by atoms with van der Waals surface area (Å²) in [6, 6.07) is 8.38. The number of hydrogen-bond acceptors (Lipinski definition) is 2. The zero-order valence-electron chi connectivity index (χ0n) is 12.2.